The summed E-state index contributed by atoms with van der Waals surface area (Å²) in [5.41, 5.74) is 1.81. The minimum Gasteiger partial charge on any atom is -0.461 e. The van der Waals surface area contributed by atoms with Crippen LogP contribution in [-0.2, 0) is 18.7 Å². The summed E-state index contributed by atoms with van der Waals surface area (Å²) in [4.78, 5) is 25.9. The summed E-state index contributed by atoms with van der Waals surface area (Å²) in [5.74, 6) is 3.43. The molecule has 4 aliphatic carbocycles. The largest absolute Gasteiger partial charge is 0.461 e. The van der Waals surface area contributed by atoms with Gasteiger partial charge >= 0.3 is 12.1 Å². The first-order valence-electron chi connectivity index (χ1n) is 20.5. The van der Waals surface area contributed by atoms with E-state index < -0.39 is 26.1 Å². The molecule has 1 unspecified atom stereocenters. The number of amides is 1. The smallest absolute Gasteiger partial charge is 0.408 e. The Morgan fingerprint density at radius 3 is 2.14 bits per heavy atom. The molecule has 0 aromatic heterocycles. The van der Waals surface area contributed by atoms with Crippen LogP contribution in [0.5, 0.6) is 0 Å². The van der Waals surface area contributed by atoms with Crippen LogP contribution in [0, 0.1) is 52.3 Å². The van der Waals surface area contributed by atoms with E-state index in [-0.39, 0.29) is 28.9 Å². The van der Waals surface area contributed by atoms with Crippen LogP contribution in [-0.4, -0.2) is 44.2 Å². The van der Waals surface area contributed by atoms with Gasteiger partial charge in [0.05, 0.1) is 0 Å². The lowest BCUT2D eigenvalue weighted by Gasteiger charge is -2.59. The summed E-state index contributed by atoms with van der Waals surface area (Å²) in [7, 11) is -1.78. The lowest BCUT2D eigenvalue weighted by Crippen LogP contribution is -2.52. The minimum absolute atomic E-state index is 0.106. The van der Waals surface area contributed by atoms with Crippen molar-refractivity contribution in [1.82, 2.24) is 5.32 Å². The fourth-order valence-corrected chi connectivity index (χ4v) is 12.0. The maximum atomic E-state index is 13.4. The molecule has 1 amide bonds. The van der Waals surface area contributed by atoms with Crippen molar-refractivity contribution in [2.24, 2.45) is 52.3 Å². The molecule has 4 rings (SSSR count). The van der Waals surface area contributed by atoms with Crippen LogP contribution in [0.3, 0.4) is 0 Å². The van der Waals surface area contributed by atoms with E-state index in [1.54, 1.807) is 5.57 Å². The number of esters is 1. The molecule has 0 radical (unpaired) electrons. The molecule has 3 saturated carbocycles. The van der Waals surface area contributed by atoms with Crippen molar-refractivity contribution in [3.05, 3.63) is 11.6 Å². The average molecular weight is 716 g/mol. The highest BCUT2D eigenvalue weighted by Crippen LogP contribution is 2.67. The first kappa shape index (κ1) is 41.4. The molecular weight excluding hydrogens is 639 g/mol. The number of hydrogen-bond donors (Lipinski definition) is 1. The van der Waals surface area contributed by atoms with E-state index in [2.05, 4.69) is 79.9 Å². The van der Waals surface area contributed by atoms with Crippen LogP contribution >= 0.6 is 0 Å². The predicted octanol–water partition coefficient (Wildman–Crippen LogP) is 11.5. The molecule has 0 bridgehead atoms. The molecule has 7 heteroatoms. The molecular formula is C43H77NO5Si. The van der Waals surface area contributed by atoms with Crippen LogP contribution in [0.15, 0.2) is 11.6 Å². The molecule has 0 saturated heterocycles. The number of fused-ring (bicyclic) bond motifs is 5. The molecule has 0 heterocycles. The Balaban J connectivity index is 1.38. The minimum atomic E-state index is -1.78. The van der Waals surface area contributed by atoms with E-state index in [0.717, 1.165) is 37.0 Å². The normalized spacial score (nSPS) is 33.5. The molecule has 0 aromatic rings. The van der Waals surface area contributed by atoms with Crippen LogP contribution in [0.1, 0.15) is 154 Å². The van der Waals surface area contributed by atoms with Gasteiger partial charge in [-0.05, 0) is 155 Å². The van der Waals surface area contributed by atoms with Gasteiger partial charge in [-0.3, -0.25) is 0 Å². The summed E-state index contributed by atoms with van der Waals surface area (Å²) in [6.07, 6.45) is 14.5. The first-order valence-corrected chi connectivity index (χ1v) is 23.4. The molecule has 50 heavy (non-hydrogen) atoms. The van der Waals surface area contributed by atoms with E-state index in [4.69, 9.17) is 13.9 Å². The van der Waals surface area contributed by atoms with Crippen LogP contribution in [0.4, 0.5) is 4.79 Å². The standard InChI is InChI=1S/C43H77NO5Si/c1-27(2)36(47-38(45)37(28(3)4)44-39(46)48-40(6,7)8)21-16-29(5)33-19-20-34-32-18-17-30-26-31(49-50(14,15)41(9,10)11)22-24-42(30,12)35(32)23-25-43(33,34)13/h17,27-29,31-37H,16,18-26H2,1-15H3,(H,44,46)/t29-,31?,32+,33-,34+,35+,36+,37+,42+,43-/m1/s1. The van der Waals surface area contributed by atoms with Gasteiger partial charge in [-0.2, -0.15) is 0 Å². The molecule has 10 atom stereocenters. The number of carbonyl (C=O) groups is 2. The van der Waals surface area contributed by atoms with Crippen molar-refractivity contribution >= 4 is 20.4 Å². The number of nitrogens with one attached hydrogen (secondary N) is 1. The molecule has 0 spiro atoms. The fourth-order valence-electron chi connectivity index (χ4n) is 10.6. The first-order chi connectivity index (χ1) is 22.9. The number of allylic oxidation sites excluding steroid dienone is 1. The number of carbonyl (C=O) groups excluding carboxylic acids is 2. The Kier molecular flexibility index (Phi) is 12.6. The maximum absolute atomic E-state index is 13.4. The second-order valence-electron chi connectivity index (χ2n) is 20.9. The van der Waals surface area contributed by atoms with Gasteiger partial charge in [0.2, 0.25) is 0 Å². The highest BCUT2D eigenvalue weighted by atomic mass is 28.4. The van der Waals surface area contributed by atoms with Gasteiger partial charge in [0.25, 0.3) is 0 Å². The zero-order valence-corrected chi connectivity index (χ0v) is 36.0. The lowest BCUT2D eigenvalue weighted by atomic mass is 9.47. The fraction of sp³-hybridized carbons (Fsp3) is 0.907. The quantitative estimate of drug-likeness (QED) is 0.131. The van der Waals surface area contributed by atoms with E-state index in [0.29, 0.717) is 28.8 Å². The Labute approximate surface area is 308 Å². The molecule has 3 fully saturated rings. The van der Waals surface area contributed by atoms with Gasteiger partial charge in [-0.15, -0.1) is 0 Å². The summed E-state index contributed by atoms with van der Waals surface area (Å²) in [6, 6.07) is -0.736. The highest BCUT2D eigenvalue weighted by Gasteiger charge is 2.59. The Morgan fingerprint density at radius 1 is 0.900 bits per heavy atom. The SMILES string of the molecule is CC(C)[C@H](CC[C@@H](C)[C@H]1CC[C@H]2[C@@H]3CC=C4CC(O[Si](C)(C)C(C)(C)C)CC[C@]4(C)[C@H]3CC[C@]12C)OC(=O)[C@@H](NC(=O)OC(C)(C)C)C(C)C. The number of rotatable bonds is 11. The van der Waals surface area contributed by atoms with Gasteiger partial charge in [0.15, 0.2) is 8.32 Å². The molecule has 0 aromatic carbocycles. The third-order valence-corrected chi connectivity index (χ3v) is 19.1. The predicted molar refractivity (Wildman–Crippen MR) is 208 cm³/mol. The average Bonchev–Trinajstić information content (AvgIpc) is 3.33. The van der Waals surface area contributed by atoms with Crippen molar-refractivity contribution in [2.45, 2.75) is 196 Å². The van der Waals surface area contributed by atoms with Gasteiger partial charge in [-0.1, -0.05) is 80.9 Å². The summed E-state index contributed by atoms with van der Waals surface area (Å²) in [5, 5.41) is 3.03. The molecule has 4 aliphatic rings. The third kappa shape index (κ3) is 8.88. The van der Waals surface area contributed by atoms with Crippen molar-refractivity contribution < 1.29 is 23.5 Å². The summed E-state index contributed by atoms with van der Waals surface area (Å²) >= 11 is 0. The molecule has 6 nitrogen and oxygen atoms in total. The van der Waals surface area contributed by atoms with E-state index in [9.17, 15) is 9.59 Å². The maximum Gasteiger partial charge on any atom is 0.408 e. The zero-order valence-electron chi connectivity index (χ0n) is 35.0. The number of ether oxygens (including phenoxy) is 2. The Hall–Kier alpha value is -1.34. The van der Waals surface area contributed by atoms with Crippen LogP contribution < -0.4 is 5.32 Å². The van der Waals surface area contributed by atoms with E-state index in [1.165, 1.54) is 44.9 Å². The topological polar surface area (TPSA) is 73.9 Å². The van der Waals surface area contributed by atoms with Gasteiger partial charge in [0.1, 0.15) is 17.7 Å². The Bertz CT molecular complexity index is 1230. The second kappa shape index (κ2) is 15.2. The van der Waals surface area contributed by atoms with Crippen molar-refractivity contribution in [3.8, 4) is 0 Å². The zero-order chi connectivity index (χ0) is 37.6. The molecule has 0 aliphatic heterocycles. The van der Waals surface area contributed by atoms with Gasteiger partial charge < -0.3 is 19.2 Å². The van der Waals surface area contributed by atoms with Crippen LogP contribution in [0.2, 0.25) is 18.1 Å². The van der Waals surface area contributed by atoms with Gasteiger partial charge in [-0.25, -0.2) is 9.59 Å². The third-order valence-electron chi connectivity index (χ3n) is 14.6. The van der Waals surface area contributed by atoms with Crippen molar-refractivity contribution in [2.75, 3.05) is 0 Å². The Morgan fingerprint density at radius 2 is 1.56 bits per heavy atom. The monoisotopic (exact) mass is 716 g/mol. The van der Waals surface area contributed by atoms with E-state index in [1.807, 2.05) is 34.6 Å². The number of alkyl carbamates (subject to hydrolysis) is 1. The van der Waals surface area contributed by atoms with Crippen molar-refractivity contribution in [3.63, 3.8) is 0 Å². The molecule has 1 N–H and O–H groups in total. The summed E-state index contributed by atoms with van der Waals surface area (Å²) < 4.78 is 18.6. The van der Waals surface area contributed by atoms with E-state index >= 15 is 0 Å². The second-order valence-corrected chi connectivity index (χ2v) is 25.6. The van der Waals surface area contributed by atoms with Gasteiger partial charge in [0, 0.05) is 6.10 Å². The van der Waals surface area contributed by atoms with Crippen molar-refractivity contribution in [1.29, 1.82) is 0 Å². The summed E-state index contributed by atoms with van der Waals surface area (Å²) in [6.45, 7) is 33.2. The highest BCUT2D eigenvalue weighted by molar-refractivity contribution is 6.74. The molecule has 288 valence electrons. The lowest BCUT2D eigenvalue weighted by molar-refractivity contribution is -0.155. The van der Waals surface area contributed by atoms with Crippen LogP contribution in [0.25, 0.3) is 0 Å². The number of hydrogen-bond acceptors (Lipinski definition) is 5.